The average Bonchev–Trinajstić information content (AvgIpc) is 2.46. The maximum Gasteiger partial charge on any atom is 0.250 e. The van der Waals surface area contributed by atoms with E-state index >= 15 is 0 Å². The third-order valence-corrected chi connectivity index (χ3v) is 3.59. The first-order valence-electron chi connectivity index (χ1n) is 6.03. The predicted molar refractivity (Wildman–Crippen MR) is 80.8 cm³/mol. The molecule has 5 heteroatoms. The van der Waals surface area contributed by atoms with Gasteiger partial charge in [0.1, 0.15) is 0 Å². The van der Waals surface area contributed by atoms with Crippen LogP contribution in [0.25, 0.3) is 0 Å². The molecule has 2 aromatic rings. The van der Waals surface area contributed by atoms with Gasteiger partial charge >= 0.3 is 0 Å². The fourth-order valence-corrected chi connectivity index (χ4v) is 2.38. The number of carbonyl (C=O) groups excluding carboxylic acids is 2. The van der Waals surface area contributed by atoms with Crippen LogP contribution in [0.15, 0.2) is 59.5 Å². The van der Waals surface area contributed by atoms with E-state index < -0.39 is 5.91 Å². The van der Waals surface area contributed by atoms with Crippen LogP contribution in [0.4, 0.5) is 5.69 Å². The number of rotatable bonds is 5. The molecule has 0 saturated heterocycles. The topological polar surface area (TPSA) is 72.2 Å². The molecule has 0 aromatic heterocycles. The maximum absolute atomic E-state index is 11.9. The predicted octanol–water partition coefficient (Wildman–Crippen LogP) is 2.52. The van der Waals surface area contributed by atoms with Crippen LogP contribution in [0.1, 0.15) is 10.4 Å². The van der Waals surface area contributed by atoms with Gasteiger partial charge in [-0.3, -0.25) is 9.59 Å². The standard InChI is InChI=1S/C15H14N2O2S/c16-15(19)12-8-4-5-9-13(12)17-14(18)10-20-11-6-2-1-3-7-11/h1-9H,10H2,(H2,16,19)(H,17,18). The molecule has 0 spiro atoms. The van der Waals surface area contributed by atoms with E-state index in [0.29, 0.717) is 11.3 Å². The lowest BCUT2D eigenvalue weighted by Crippen LogP contribution is -2.19. The van der Waals surface area contributed by atoms with Crippen LogP contribution in [-0.2, 0) is 4.79 Å². The summed E-state index contributed by atoms with van der Waals surface area (Å²) in [5.74, 6) is -0.457. The Morgan fingerprint density at radius 3 is 2.35 bits per heavy atom. The maximum atomic E-state index is 11.9. The minimum atomic E-state index is -0.559. The first kappa shape index (κ1) is 14.1. The molecule has 2 aromatic carbocycles. The molecular weight excluding hydrogens is 272 g/mol. The molecule has 4 nitrogen and oxygen atoms in total. The van der Waals surface area contributed by atoms with E-state index in [1.807, 2.05) is 30.3 Å². The second-order valence-electron chi connectivity index (χ2n) is 4.06. The van der Waals surface area contributed by atoms with Gasteiger partial charge in [-0.25, -0.2) is 0 Å². The van der Waals surface area contributed by atoms with E-state index in [1.165, 1.54) is 11.8 Å². The van der Waals surface area contributed by atoms with E-state index in [4.69, 9.17) is 5.73 Å². The average molecular weight is 286 g/mol. The largest absolute Gasteiger partial charge is 0.366 e. The number of nitrogens with one attached hydrogen (secondary N) is 1. The van der Waals surface area contributed by atoms with Gasteiger partial charge in [0.2, 0.25) is 5.91 Å². The summed E-state index contributed by atoms with van der Waals surface area (Å²) in [5.41, 5.74) is 6.01. The van der Waals surface area contributed by atoms with Crippen molar-refractivity contribution in [3.8, 4) is 0 Å². The number of nitrogens with two attached hydrogens (primary N) is 1. The van der Waals surface area contributed by atoms with E-state index in [9.17, 15) is 9.59 Å². The van der Waals surface area contributed by atoms with Crippen molar-refractivity contribution >= 4 is 29.3 Å². The van der Waals surface area contributed by atoms with E-state index in [-0.39, 0.29) is 11.7 Å². The van der Waals surface area contributed by atoms with Crippen LogP contribution in [-0.4, -0.2) is 17.6 Å². The van der Waals surface area contributed by atoms with Crippen LogP contribution in [0.5, 0.6) is 0 Å². The van der Waals surface area contributed by atoms with E-state index in [0.717, 1.165) is 4.90 Å². The fourth-order valence-electron chi connectivity index (χ4n) is 1.66. The molecule has 102 valence electrons. The third-order valence-electron chi connectivity index (χ3n) is 2.58. The summed E-state index contributed by atoms with van der Waals surface area (Å²) in [6, 6.07) is 16.3. The Balaban J connectivity index is 1.97. The number of hydrogen-bond donors (Lipinski definition) is 2. The molecule has 0 atom stereocenters. The lowest BCUT2D eigenvalue weighted by molar-refractivity contribution is -0.113. The molecule has 0 aliphatic heterocycles. The molecule has 0 aliphatic rings. The smallest absolute Gasteiger partial charge is 0.250 e. The van der Waals surface area contributed by atoms with Crippen molar-refractivity contribution in [1.82, 2.24) is 0 Å². The number of benzene rings is 2. The van der Waals surface area contributed by atoms with Gasteiger partial charge in [0, 0.05) is 4.90 Å². The molecule has 0 unspecified atom stereocenters. The number of anilines is 1. The van der Waals surface area contributed by atoms with Gasteiger partial charge in [-0.1, -0.05) is 30.3 Å². The molecule has 0 radical (unpaired) electrons. The Morgan fingerprint density at radius 1 is 1.00 bits per heavy atom. The molecule has 20 heavy (non-hydrogen) atoms. The van der Waals surface area contributed by atoms with Crippen molar-refractivity contribution in [1.29, 1.82) is 0 Å². The molecule has 0 bridgehead atoms. The summed E-state index contributed by atoms with van der Waals surface area (Å²) in [7, 11) is 0. The SMILES string of the molecule is NC(=O)c1ccccc1NC(=O)CSc1ccccc1. The molecule has 3 N–H and O–H groups in total. The lowest BCUT2D eigenvalue weighted by Gasteiger charge is -2.08. The van der Waals surface area contributed by atoms with Crippen molar-refractivity contribution in [3.63, 3.8) is 0 Å². The zero-order chi connectivity index (χ0) is 14.4. The van der Waals surface area contributed by atoms with Crippen molar-refractivity contribution in [2.24, 2.45) is 5.73 Å². The summed E-state index contributed by atoms with van der Waals surface area (Å²) < 4.78 is 0. The Hall–Kier alpha value is -2.27. The van der Waals surface area contributed by atoms with Gasteiger partial charge in [-0.05, 0) is 24.3 Å². The van der Waals surface area contributed by atoms with Gasteiger partial charge in [0.15, 0.2) is 0 Å². The van der Waals surface area contributed by atoms with Crippen molar-refractivity contribution in [3.05, 3.63) is 60.2 Å². The van der Waals surface area contributed by atoms with E-state index in [1.54, 1.807) is 24.3 Å². The van der Waals surface area contributed by atoms with Gasteiger partial charge in [0.25, 0.3) is 5.91 Å². The van der Waals surface area contributed by atoms with Crippen molar-refractivity contribution in [2.45, 2.75) is 4.90 Å². The van der Waals surface area contributed by atoms with Crippen LogP contribution >= 0.6 is 11.8 Å². The van der Waals surface area contributed by atoms with E-state index in [2.05, 4.69) is 5.32 Å². The summed E-state index contributed by atoms with van der Waals surface area (Å²) in [4.78, 5) is 24.1. The molecule has 0 heterocycles. The zero-order valence-electron chi connectivity index (χ0n) is 10.7. The van der Waals surface area contributed by atoms with Crippen LogP contribution in [0.2, 0.25) is 0 Å². The number of primary amides is 1. The third kappa shape index (κ3) is 3.86. The monoisotopic (exact) mass is 286 g/mol. The molecule has 2 amide bonds. The lowest BCUT2D eigenvalue weighted by atomic mass is 10.1. The number of hydrogen-bond acceptors (Lipinski definition) is 3. The van der Waals surface area contributed by atoms with Gasteiger partial charge in [-0.2, -0.15) is 0 Å². The highest BCUT2D eigenvalue weighted by Gasteiger charge is 2.10. The highest BCUT2D eigenvalue weighted by atomic mass is 32.2. The van der Waals surface area contributed by atoms with Gasteiger partial charge < -0.3 is 11.1 Å². The molecule has 2 rings (SSSR count). The summed E-state index contributed by atoms with van der Waals surface area (Å²) in [5, 5.41) is 2.70. The minimum Gasteiger partial charge on any atom is -0.366 e. The zero-order valence-corrected chi connectivity index (χ0v) is 11.5. The van der Waals surface area contributed by atoms with Crippen LogP contribution < -0.4 is 11.1 Å². The molecule has 0 saturated carbocycles. The molecular formula is C15H14N2O2S. The summed E-state index contributed by atoms with van der Waals surface area (Å²) in [6.45, 7) is 0. The number of thioether (sulfide) groups is 1. The highest BCUT2D eigenvalue weighted by Crippen LogP contribution is 2.18. The number of carbonyl (C=O) groups is 2. The first-order chi connectivity index (χ1) is 9.66. The van der Waals surface area contributed by atoms with Crippen molar-refractivity contribution < 1.29 is 9.59 Å². The fraction of sp³-hybridized carbons (Fsp3) is 0.0667. The number of amides is 2. The minimum absolute atomic E-state index is 0.174. The number of para-hydroxylation sites is 1. The molecule has 0 fully saturated rings. The summed E-state index contributed by atoms with van der Waals surface area (Å²) in [6.07, 6.45) is 0. The second kappa shape index (κ2) is 6.77. The van der Waals surface area contributed by atoms with Gasteiger partial charge in [-0.15, -0.1) is 11.8 Å². The summed E-state index contributed by atoms with van der Waals surface area (Å²) >= 11 is 1.43. The normalized spacial score (nSPS) is 10.0. The second-order valence-corrected chi connectivity index (χ2v) is 5.11. The quantitative estimate of drug-likeness (QED) is 0.830. The van der Waals surface area contributed by atoms with Crippen molar-refractivity contribution in [2.75, 3.05) is 11.1 Å². The Morgan fingerprint density at radius 2 is 1.65 bits per heavy atom. The Kier molecular flexibility index (Phi) is 4.79. The molecule has 0 aliphatic carbocycles. The Bertz CT molecular complexity index is 614. The Labute approximate surface area is 121 Å². The first-order valence-corrected chi connectivity index (χ1v) is 7.02. The van der Waals surface area contributed by atoms with Gasteiger partial charge in [0.05, 0.1) is 17.0 Å². The van der Waals surface area contributed by atoms with Crippen LogP contribution in [0, 0.1) is 0 Å². The van der Waals surface area contributed by atoms with Crippen LogP contribution in [0.3, 0.4) is 0 Å². The highest BCUT2D eigenvalue weighted by molar-refractivity contribution is 8.00.